The molecule has 2 aromatic carbocycles. The minimum atomic E-state index is -0.398. The fraction of sp³-hybridized carbons (Fsp3) is 0.0526. The fourth-order valence-electron chi connectivity index (χ4n) is 2.95. The van der Waals surface area contributed by atoms with Crippen molar-refractivity contribution in [2.24, 2.45) is 0 Å². The second-order valence-corrected chi connectivity index (χ2v) is 6.82. The van der Waals surface area contributed by atoms with Gasteiger partial charge in [-0.1, -0.05) is 24.3 Å². The first kappa shape index (κ1) is 14.2. The number of aromatic nitrogens is 1. The zero-order valence-electron chi connectivity index (χ0n) is 13.0. The summed E-state index contributed by atoms with van der Waals surface area (Å²) in [5.74, 6) is 1.24. The molecule has 5 rings (SSSR count). The molecule has 0 spiro atoms. The van der Waals surface area contributed by atoms with E-state index in [1.54, 1.807) is 17.4 Å². The van der Waals surface area contributed by atoms with E-state index in [0.29, 0.717) is 17.1 Å². The van der Waals surface area contributed by atoms with Crippen molar-refractivity contribution in [2.75, 3.05) is 5.32 Å². The van der Waals surface area contributed by atoms with Crippen molar-refractivity contribution in [1.82, 2.24) is 10.3 Å². The summed E-state index contributed by atoms with van der Waals surface area (Å²) in [7, 11) is 0. The van der Waals surface area contributed by atoms with Crippen molar-refractivity contribution >= 4 is 33.1 Å². The second-order valence-electron chi connectivity index (χ2n) is 5.79. The minimum absolute atomic E-state index is 0.114. The molecule has 0 radical (unpaired) electrons. The van der Waals surface area contributed by atoms with Crippen LogP contribution in [0.15, 0.2) is 65.1 Å². The molecule has 1 atom stereocenters. The molecule has 0 saturated carbocycles. The lowest BCUT2D eigenvalue weighted by Crippen LogP contribution is -2.38. The smallest absolute Gasteiger partial charge is 0.255 e. The number of hydrogen-bond acceptors (Lipinski definition) is 5. The Bertz CT molecular complexity index is 1070. The predicted octanol–water partition coefficient (Wildman–Crippen LogP) is 4.41. The molecule has 25 heavy (non-hydrogen) atoms. The number of benzene rings is 2. The molecule has 2 N–H and O–H groups in total. The van der Waals surface area contributed by atoms with E-state index in [2.05, 4.69) is 15.6 Å². The molecular weight excluding hydrogens is 334 g/mol. The maximum Gasteiger partial charge on any atom is 0.255 e. The average molecular weight is 347 g/mol. The van der Waals surface area contributed by atoms with Crippen molar-refractivity contribution < 1.29 is 9.21 Å². The van der Waals surface area contributed by atoms with E-state index in [1.807, 2.05) is 54.6 Å². The number of fused-ring (bicyclic) bond motifs is 2. The molecule has 4 aromatic rings. The number of hydrogen-bond donors (Lipinski definition) is 2. The van der Waals surface area contributed by atoms with E-state index < -0.39 is 6.17 Å². The molecule has 1 aliphatic heterocycles. The number of thiazole rings is 1. The third kappa shape index (κ3) is 2.38. The van der Waals surface area contributed by atoms with Gasteiger partial charge in [-0.2, -0.15) is 0 Å². The zero-order chi connectivity index (χ0) is 16.8. The molecule has 122 valence electrons. The number of nitrogens with zero attached hydrogens (tertiary/aromatic N) is 1. The van der Waals surface area contributed by atoms with Crippen LogP contribution in [0.1, 0.15) is 22.3 Å². The molecule has 2 aromatic heterocycles. The summed E-state index contributed by atoms with van der Waals surface area (Å²) in [6.45, 7) is 0. The average Bonchev–Trinajstić information content (AvgIpc) is 3.28. The largest absolute Gasteiger partial charge is 0.454 e. The molecule has 1 amide bonds. The lowest BCUT2D eigenvalue weighted by molar-refractivity contribution is 0.0931. The number of carbonyl (C=O) groups excluding carboxylic acids is 1. The van der Waals surface area contributed by atoms with Crippen LogP contribution in [0.3, 0.4) is 0 Å². The number of carbonyl (C=O) groups is 1. The Kier molecular flexibility index (Phi) is 3.11. The molecule has 0 unspecified atom stereocenters. The van der Waals surface area contributed by atoms with E-state index in [1.165, 1.54) is 0 Å². The summed E-state index contributed by atoms with van der Waals surface area (Å²) in [6, 6.07) is 19.2. The van der Waals surface area contributed by atoms with Crippen LogP contribution in [0.4, 0.5) is 5.69 Å². The highest BCUT2D eigenvalue weighted by Crippen LogP contribution is 2.33. The molecule has 6 heteroatoms. The molecule has 0 fully saturated rings. The molecule has 0 saturated heterocycles. The Hall–Kier alpha value is -3.12. The summed E-state index contributed by atoms with van der Waals surface area (Å²) < 4.78 is 7.09. The summed E-state index contributed by atoms with van der Waals surface area (Å²) in [5.41, 5.74) is 2.39. The van der Waals surface area contributed by atoms with Gasteiger partial charge in [-0.3, -0.25) is 4.79 Å². The Morgan fingerprint density at radius 3 is 2.72 bits per heavy atom. The predicted molar refractivity (Wildman–Crippen MR) is 97.6 cm³/mol. The standard InChI is InChI=1S/C19H13N3O2S/c23-18-11-5-1-2-6-12(11)20-17(22-18)14-9-10-15(24-14)19-21-13-7-3-4-8-16(13)25-19/h1-10,17,20H,(H,22,23)/t17-/m0/s1. The van der Waals surface area contributed by atoms with Gasteiger partial charge >= 0.3 is 0 Å². The number of anilines is 1. The van der Waals surface area contributed by atoms with Crippen LogP contribution in [0.5, 0.6) is 0 Å². The summed E-state index contributed by atoms with van der Waals surface area (Å²) in [6.07, 6.45) is -0.398. The lowest BCUT2D eigenvalue weighted by atomic mass is 10.1. The van der Waals surface area contributed by atoms with Gasteiger partial charge in [-0.15, -0.1) is 11.3 Å². The first-order valence-corrected chi connectivity index (χ1v) is 8.72. The van der Waals surface area contributed by atoms with E-state index in [4.69, 9.17) is 4.42 Å². The van der Waals surface area contributed by atoms with E-state index >= 15 is 0 Å². The number of para-hydroxylation sites is 2. The van der Waals surface area contributed by atoms with Crippen LogP contribution in [-0.4, -0.2) is 10.9 Å². The van der Waals surface area contributed by atoms with Gasteiger partial charge in [0.1, 0.15) is 5.76 Å². The van der Waals surface area contributed by atoms with Gasteiger partial charge in [-0.25, -0.2) is 4.98 Å². The topological polar surface area (TPSA) is 67.2 Å². The molecule has 5 nitrogen and oxygen atoms in total. The van der Waals surface area contributed by atoms with Crippen LogP contribution in [0.25, 0.3) is 21.0 Å². The van der Waals surface area contributed by atoms with Crippen LogP contribution >= 0.6 is 11.3 Å². The summed E-state index contributed by atoms with van der Waals surface area (Å²) in [4.78, 5) is 16.9. The highest BCUT2D eigenvalue weighted by Gasteiger charge is 2.26. The van der Waals surface area contributed by atoms with Crippen LogP contribution in [0, 0.1) is 0 Å². The van der Waals surface area contributed by atoms with Crippen molar-refractivity contribution in [3.8, 4) is 10.8 Å². The van der Waals surface area contributed by atoms with Gasteiger partial charge in [0.25, 0.3) is 5.91 Å². The fourth-order valence-corrected chi connectivity index (χ4v) is 3.88. The molecule has 1 aliphatic rings. The highest BCUT2D eigenvalue weighted by molar-refractivity contribution is 7.21. The van der Waals surface area contributed by atoms with Gasteiger partial charge in [0, 0.05) is 5.69 Å². The van der Waals surface area contributed by atoms with Crippen LogP contribution in [-0.2, 0) is 0 Å². The van der Waals surface area contributed by atoms with Gasteiger partial charge in [-0.05, 0) is 36.4 Å². The van der Waals surface area contributed by atoms with Crippen molar-refractivity contribution in [1.29, 1.82) is 0 Å². The number of rotatable bonds is 2. The zero-order valence-corrected chi connectivity index (χ0v) is 13.8. The Morgan fingerprint density at radius 2 is 1.80 bits per heavy atom. The molecular formula is C19H13N3O2S. The molecule has 0 bridgehead atoms. The van der Waals surface area contributed by atoms with Crippen molar-refractivity contribution in [3.05, 3.63) is 72.0 Å². The third-order valence-electron chi connectivity index (χ3n) is 4.16. The van der Waals surface area contributed by atoms with Crippen molar-refractivity contribution in [2.45, 2.75) is 6.17 Å². The Labute approximate surface area is 147 Å². The summed E-state index contributed by atoms with van der Waals surface area (Å²) >= 11 is 1.59. The van der Waals surface area contributed by atoms with Gasteiger partial charge in [0.05, 0.1) is 15.8 Å². The minimum Gasteiger partial charge on any atom is -0.454 e. The number of furan rings is 1. The summed E-state index contributed by atoms with van der Waals surface area (Å²) in [5, 5.41) is 7.04. The quantitative estimate of drug-likeness (QED) is 0.564. The van der Waals surface area contributed by atoms with Gasteiger partial charge < -0.3 is 15.1 Å². The van der Waals surface area contributed by atoms with Gasteiger partial charge in [0.2, 0.25) is 0 Å². The van der Waals surface area contributed by atoms with E-state index in [9.17, 15) is 4.79 Å². The molecule has 0 aliphatic carbocycles. The number of nitrogens with one attached hydrogen (secondary N) is 2. The Morgan fingerprint density at radius 1 is 0.960 bits per heavy atom. The Balaban J connectivity index is 1.48. The third-order valence-corrected chi connectivity index (χ3v) is 5.21. The van der Waals surface area contributed by atoms with E-state index in [0.717, 1.165) is 20.9 Å². The SMILES string of the molecule is O=C1N[C@@H](c2ccc(-c3nc4ccccc4s3)o2)Nc2ccccc21. The highest BCUT2D eigenvalue weighted by atomic mass is 32.1. The second kappa shape index (κ2) is 5.46. The lowest BCUT2D eigenvalue weighted by Gasteiger charge is -2.26. The maximum absolute atomic E-state index is 12.3. The van der Waals surface area contributed by atoms with Gasteiger partial charge in [0.15, 0.2) is 16.9 Å². The first-order valence-electron chi connectivity index (χ1n) is 7.90. The van der Waals surface area contributed by atoms with E-state index in [-0.39, 0.29) is 5.91 Å². The monoisotopic (exact) mass is 347 g/mol. The van der Waals surface area contributed by atoms with Crippen LogP contribution < -0.4 is 10.6 Å². The first-order chi connectivity index (χ1) is 12.3. The molecule has 3 heterocycles. The normalized spacial score (nSPS) is 16.3. The van der Waals surface area contributed by atoms with Crippen LogP contribution in [0.2, 0.25) is 0 Å². The maximum atomic E-state index is 12.3. The van der Waals surface area contributed by atoms with Crippen molar-refractivity contribution in [3.63, 3.8) is 0 Å². The number of amides is 1.